The van der Waals surface area contributed by atoms with E-state index in [9.17, 15) is 4.79 Å². The maximum atomic E-state index is 12.2. The number of nitrogens with two attached hydrogens (primary N) is 1. The van der Waals surface area contributed by atoms with Crippen molar-refractivity contribution >= 4 is 18.3 Å². The number of amides is 1. The molecule has 2 atom stereocenters. The topological polar surface area (TPSA) is 55.6 Å². The molecule has 18 heavy (non-hydrogen) atoms. The summed E-state index contributed by atoms with van der Waals surface area (Å²) < 4.78 is 5.65. The number of carbonyl (C=O) groups is 1. The second kappa shape index (κ2) is 6.07. The number of fused-ring (bicyclic) bond motifs is 1. The van der Waals surface area contributed by atoms with Gasteiger partial charge in [0.2, 0.25) is 0 Å². The van der Waals surface area contributed by atoms with Crippen molar-refractivity contribution in [3.8, 4) is 5.75 Å². The lowest BCUT2D eigenvalue weighted by Gasteiger charge is -2.26. The number of para-hydroxylation sites is 1. The molecule has 5 heteroatoms. The van der Waals surface area contributed by atoms with Gasteiger partial charge in [-0.1, -0.05) is 18.2 Å². The van der Waals surface area contributed by atoms with Gasteiger partial charge in [-0.15, -0.1) is 12.4 Å². The van der Waals surface area contributed by atoms with Crippen LogP contribution in [0, 0.1) is 0 Å². The van der Waals surface area contributed by atoms with E-state index in [1.54, 1.807) is 11.9 Å². The molecule has 1 heterocycles. The van der Waals surface area contributed by atoms with Crippen LogP contribution in [0.3, 0.4) is 0 Å². The van der Waals surface area contributed by atoms with Gasteiger partial charge in [0.1, 0.15) is 5.75 Å². The van der Waals surface area contributed by atoms with E-state index >= 15 is 0 Å². The van der Waals surface area contributed by atoms with Crippen LogP contribution in [0.2, 0.25) is 0 Å². The summed E-state index contributed by atoms with van der Waals surface area (Å²) >= 11 is 0. The molecule has 2 N–H and O–H groups in total. The van der Waals surface area contributed by atoms with E-state index in [4.69, 9.17) is 10.5 Å². The van der Waals surface area contributed by atoms with Crippen molar-refractivity contribution in [1.82, 2.24) is 4.90 Å². The Morgan fingerprint density at radius 2 is 2.22 bits per heavy atom. The summed E-state index contributed by atoms with van der Waals surface area (Å²) in [4.78, 5) is 13.8. The monoisotopic (exact) mass is 270 g/mol. The molecule has 0 radical (unpaired) electrons. The third kappa shape index (κ3) is 2.76. The Hall–Kier alpha value is -1.26. The molecule has 0 saturated heterocycles. The second-order valence-corrected chi connectivity index (χ2v) is 4.45. The molecule has 0 aliphatic carbocycles. The summed E-state index contributed by atoms with van der Waals surface area (Å²) in [5, 5.41) is 0. The third-order valence-electron chi connectivity index (χ3n) is 3.27. The van der Waals surface area contributed by atoms with Crippen LogP contribution in [0.15, 0.2) is 24.3 Å². The highest BCUT2D eigenvalue weighted by Crippen LogP contribution is 2.28. The van der Waals surface area contributed by atoms with E-state index in [0.29, 0.717) is 13.0 Å². The molecule has 1 aromatic carbocycles. The molecule has 2 rings (SSSR count). The van der Waals surface area contributed by atoms with Gasteiger partial charge in [0, 0.05) is 26.1 Å². The van der Waals surface area contributed by atoms with E-state index in [1.807, 2.05) is 31.2 Å². The lowest BCUT2D eigenvalue weighted by atomic mass is 10.1. The van der Waals surface area contributed by atoms with Crippen LogP contribution in [0.1, 0.15) is 12.5 Å². The number of likely N-dealkylation sites (N-methyl/N-ethyl adjacent to an activating group) is 1. The summed E-state index contributed by atoms with van der Waals surface area (Å²) in [6.07, 6.45) is 0.253. The van der Waals surface area contributed by atoms with Gasteiger partial charge >= 0.3 is 0 Å². The average Bonchev–Trinajstić information content (AvgIpc) is 2.79. The number of rotatable bonds is 3. The molecular formula is C13H19ClN2O2. The molecule has 4 nitrogen and oxygen atoms in total. The minimum atomic E-state index is -0.397. The molecule has 0 spiro atoms. The van der Waals surface area contributed by atoms with E-state index in [1.165, 1.54) is 0 Å². The fourth-order valence-corrected chi connectivity index (χ4v) is 1.92. The summed E-state index contributed by atoms with van der Waals surface area (Å²) in [5.74, 6) is 0.818. The van der Waals surface area contributed by atoms with Gasteiger partial charge in [-0.3, -0.25) is 4.79 Å². The molecule has 2 unspecified atom stereocenters. The maximum absolute atomic E-state index is 12.2. The summed E-state index contributed by atoms with van der Waals surface area (Å²) in [6.45, 7) is 2.39. The number of ether oxygens (including phenoxy) is 1. The standard InChI is InChI=1S/C13H18N2O2.ClH/c1-9(8-14)15(2)13(16)12-7-10-5-3-4-6-11(10)17-12;/h3-6,9,12H,7-8,14H2,1-2H3;1H. The first-order valence-corrected chi connectivity index (χ1v) is 5.84. The summed E-state index contributed by atoms with van der Waals surface area (Å²) in [6, 6.07) is 7.80. The zero-order valence-corrected chi connectivity index (χ0v) is 11.4. The number of hydrogen-bond donors (Lipinski definition) is 1. The van der Waals surface area contributed by atoms with E-state index in [2.05, 4.69) is 0 Å². The van der Waals surface area contributed by atoms with E-state index in [-0.39, 0.29) is 24.4 Å². The first-order chi connectivity index (χ1) is 8.13. The Morgan fingerprint density at radius 1 is 1.56 bits per heavy atom. The van der Waals surface area contributed by atoms with Crippen molar-refractivity contribution in [3.05, 3.63) is 29.8 Å². The van der Waals surface area contributed by atoms with Crippen LogP contribution in [-0.2, 0) is 11.2 Å². The van der Waals surface area contributed by atoms with Crippen LogP contribution in [0.4, 0.5) is 0 Å². The lowest BCUT2D eigenvalue weighted by molar-refractivity contribution is -0.138. The van der Waals surface area contributed by atoms with Crippen LogP contribution in [0.25, 0.3) is 0 Å². The fourth-order valence-electron chi connectivity index (χ4n) is 1.92. The first-order valence-electron chi connectivity index (χ1n) is 5.84. The quantitative estimate of drug-likeness (QED) is 0.898. The second-order valence-electron chi connectivity index (χ2n) is 4.45. The van der Waals surface area contributed by atoms with Gasteiger partial charge in [-0.05, 0) is 18.6 Å². The van der Waals surface area contributed by atoms with Gasteiger partial charge in [0.05, 0.1) is 0 Å². The van der Waals surface area contributed by atoms with Gasteiger partial charge < -0.3 is 15.4 Å². The predicted molar refractivity (Wildman–Crippen MR) is 73.1 cm³/mol. The molecule has 1 aliphatic rings. The van der Waals surface area contributed by atoms with Crippen molar-refractivity contribution in [1.29, 1.82) is 0 Å². The summed E-state index contributed by atoms with van der Waals surface area (Å²) in [5.41, 5.74) is 6.66. The van der Waals surface area contributed by atoms with E-state index < -0.39 is 6.10 Å². The lowest BCUT2D eigenvalue weighted by Crippen LogP contribution is -2.46. The van der Waals surface area contributed by atoms with Crippen LogP contribution >= 0.6 is 12.4 Å². The number of nitrogens with zero attached hydrogens (tertiary/aromatic N) is 1. The third-order valence-corrected chi connectivity index (χ3v) is 3.27. The van der Waals surface area contributed by atoms with Crippen molar-refractivity contribution in [3.63, 3.8) is 0 Å². The van der Waals surface area contributed by atoms with Crippen LogP contribution < -0.4 is 10.5 Å². The Kier molecular flexibility index (Phi) is 4.99. The molecular weight excluding hydrogens is 252 g/mol. The summed E-state index contributed by atoms with van der Waals surface area (Å²) in [7, 11) is 1.77. The molecule has 0 aromatic heterocycles. The smallest absolute Gasteiger partial charge is 0.264 e. The minimum Gasteiger partial charge on any atom is -0.480 e. The van der Waals surface area contributed by atoms with Crippen molar-refractivity contribution in [2.45, 2.75) is 25.5 Å². The normalized spacial score (nSPS) is 18.3. The Labute approximate surface area is 114 Å². The Balaban J connectivity index is 0.00000162. The van der Waals surface area contributed by atoms with Crippen molar-refractivity contribution < 1.29 is 9.53 Å². The predicted octanol–water partition coefficient (Wildman–Crippen LogP) is 1.22. The fraction of sp³-hybridized carbons (Fsp3) is 0.462. The highest BCUT2D eigenvalue weighted by Gasteiger charge is 2.32. The van der Waals surface area contributed by atoms with Gasteiger partial charge in [-0.2, -0.15) is 0 Å². The van der Waals surface area contributed by atoms with Crippen LogP contribution in [0.5, 0.6) is 5.75 Å². The number of carbonyl (C=O) groups excluding carboxylic acids is 1. The highest BCUT2D eigenvalue weighted by molar-refractivity contribution is 5.85. The molecule has 0 fully saturated rings. The van der Waals surface area contributed by atoms with E-state index in [0.717, 1.165) is 11.3 Å². The minimum absolute atomic E-state index is 0. The number of halogens is 1. The average molecular weight is 271 g/mol. The molecule has 1 amide bonds. The van der Waals surface area contributed by atoms with Crippen LogP contribution in [-0.4, -0.2) is 36.5 Å². The molecule has 1 aromatic rings. The SMILES string of the molecule is CC(CN)N(C)C(=O)C1Cc2ccccc2O1.Cl. The highest BCUT2D eigenvalue weighted by atomic mass is 35.5. The number of hydrogen-bond acceptors (Lipinski definition) is 3. The molecule has 0 bridgehead atoms. The van der Waals surface area contributed by atoms with Gasteiger partial charge in [0.25, 0.3) is 5.91 Å². The largest absolute Gasteiger partial charge is 0.480 e. The zero-order chi connectivity index (χ0) is 12.4. The van der Waals surface area contributed by atoms with Gasteiger partial charge in [0.15, 0.2) is 6.10 Å². The maximum Gasteiger partial charge on any atom is 0.264 e. The van der Waals surface area contributed by atoms with Crippen molar-refractivity contribution in [2.24, 2.45) is 5.73 Å². The Bertz CT molecular complexity index is 400. The zero-order valence-electron chi connectivity index (χ0n) is 10.6. The first kappa shape index (κ1) is 14.8. The van der Waals surface area contributed by atoms with Gasteiger partial charge in [-0.25, -0.2) is 0 Å². The molecule has 1 aliphatic heterocycles. The van der Waals surface area contributed by atoms with Crippen molar-refractivity contribution in [2.75, 3.05) is 13.6 Å². The Morgan fingerprint density at radius 3 is 2.83 bits per heavy atom. The molecule has 100 valence electrons. The molecule has 0 saturated carbocycles. The number of benzene rings is 1.